The van der Waals surface area contributed by atoms with Gasteiger partial charge in [0.25, 0.3) is 0 Å². The topological polar surface area (TPSA) is 69.9 Å². The van der Waals surface area contributed by atoms with Gasteiger partial charge in [-0.3, -0.25) is 0 Å². The average Bonchev–Trinajstić information content (AvgIpc) is 3.96. The Morgan fingerprint density at radius 3 is 1.75 bits per heavy atom. The number of hydrogen-bond donors (Lipinski definition) is 0. The average molecular weight is 731 g/mol. The van der Waals surface area contributed by atoms with Gasteiger partial charge >= 0.3 is 0 Å². The summed E-state index contributed by atoms with van der Waals surface area (Å²) in [5, 5.41) is 6.59. The van der Waals surface area contributed by atoms with E-state index in [1.807, 2.05) is 66.7 Å². The zero-order valence-corrected chi connectivity index (χ0v) is 30.4. The quantitative estimate of drug-likeness (QED) is 0.176. The monoisotopic (exact) mass is 730 g/mol. The molecule has 0 N–H and O–H groups in total. The summed E-state index contributed by atoms with van der Waals surface area (Å²) in [6.45, 7) is 0. The van der Waals surface area contributed by atoms with Crippen molar-refractivity contribution in [2.24, 2.45) is 0 Å². The molecule has 0 atom stereocenters. The van der Waals surface area contributed by atoms with Crippen molar-refractivity contribution in [1.82, 2.24) is 19.5 Å². The molecule has 6 nitrogen and oxygen atoms in total. The first-order valence-corrected chi connectivity index (χ1v) is 19.0. The van der Waals surface area contributed by atoms with E-state index in [2.05, 4.69) is 120 Å². The van der Waals surface area contributed by atoms with E-state index in [0.29, 0.717) is 17.5 Å². The third-order valence-electron chi connectivity index (χ3n) is 11.1. The van der Waals surface area contributed by atoms with Crippen molar-refractivity contribution in [3.05, 3.63) is 182 Å². The largest absolute Gasteiger partial charge is 0.456 e. The van der Waals surface area contributed by atoms with Gasteiger partial charge in [-0.05, 0) is 71.8 Å². The van der Waals surface area contributed by atoms with Gasteiger partial charge in [0.2, 0.25) is 0 Å². The standard InChI is InChI=1S/C51H30N4O2/c1-3-13-31(14-4-1)49-52-50(54-51(53-49)41-21-11-20-39-36-17-8-10-24-44(36)57-48(39)41)33-26-28-38-37-27-25-32(29-45(37)56-46(38)30-33)35-19-12-23-43-47(35)40-18-7-9-22-42(40)55(43)34-15-5-2-6-16-34/h1-30H. The minimum absolute atomic E-state index is 0.542. The summed E-state index contributed by atoms with van der Waals surface area (Å²) in [5.41, 5.74) is 11.4. The molecule has 266 valence electrons. The van der Waals surface area contributed by atoms with Gasteiger partial charge in [0, 0.05) is 49.1 Å². The van der Waals surface area contributed by atoms with Crippen LogP contribution in [-0.2, 0) is 0 Å². The molecule has 0 amide bonds. The zero-order chi connectivity index (χ0) is 37.5. The number of rotatable bonds is 5. The number of furan rings is 2. The zero-order valence-electron chi connectivity index (χ0n) is 30.4. The summed E-state index contributed by atoms with van der Waals surface area (Å²) in [5.74, 6) is 1.68. The van der Waals surface area contributed by atoms with Crippen molar-refractivity contribution in [1.29, 1.82) is 0 Å². The summed E-state index contributed by atoms with van der Waals surface area (Å²) in [6, 6.07) is 62.7. The lowest BCUT2D eigenvalue weighted by Gasteiger charge is -2.09. The number of aromatic nitrogens is 4. The Bertz CT molecular complexity index is 3530. The van der Waals surface area contributed by atoms with Gasteiger partial charge in [0.1, 0.15) is 22.3 Å². The van der Waals surface area contributed by atoms with Crippen LogP contribution in [0.25, 0.3) is 117 Å². The van der Waals surface area contributed by atoms with Crippen molar-refractivity contribution in [3.8, 4) is 51.0 Å². The van der Waals surface area contributed by atoms with Crippen molar-refractivity contribution in [3.63, 3.8) is 0 Å². The Labute approximate surface area is 325 Å². The summed E-state index contributed by atoms with van der Waals surface area (Å²) >= 11 is 0. The molecule has 0 spiro atoms. The Balaban J connectivity index is 1.00. The molecule has 0 fully saturated rings. The molecule has 0 bridgehead atoms. The fourth-order valence-corrected chi connectivity index (χ4v) is 8.46. The lowest BCUT2D eigenvalue weighted by molar-refractivity contribution is 0.668. The van der Waals surface area contributed by atoms with Gasteiger partial charge in [-0.15, -0.1) is 0 Å². The van der Waals surface area contributed by atoms with Crippen molar-refractivity contribution in [2.75, 3.05) is 0 Å². The Kier molecular flexibility index (Phi) is 6.83. The Hall–Kier alpha value is -7.83. The van der Waals surface area contributed by atoms with Crippen LogP contribution in [0.2, 0.25) is 0 Å². The van der Waals surface area contributed by atoms with Gasteiger partial charge in [-0.1, -0.05) is 121 Å². The fraction of sp³-hybridized carbons (Fsp3) is 0. The lowest BCUT2D eigenvalue weighted by atomic mass is 9.98. The molecular formula is C51H30N4O2. The molecule has 0 aliphatic carbocycles. The van der Waals surface area contributed by atoms with E-state index < -0.39 is 0 Å². The van der Waals surface area contributed by atoms with Gasteiger partial charge in [0.15, 0.2) is 17.5 Å². The highest BCUT2D eigenvalue weighted by atomic mass is 16.3. The second-order valence-electron chi connectivity index (χ2n) is 14.4. The highest BCUT2D eigenvalue weighted by Crippen LogP contribution is 2.41. The summed E-state index contributed by atoms with van der Waals surface area (Å²) < 4.78 is 15.4. The van der Waals surface area contributed by atoms with Crippen LogP contribution in [0.1, 0.15) is 0 Å². The van der Waals surface area contributed by atoms with Crippen LogP contribution in [0.4, 0.5) is 0 Å². The van der Waals surface area contributed by atoms with Crippen molar-refractivity contribution < 1.29 is 8.83 Å². The third kappa shape index (κ3) is 4.94. The minimum atomic E-state index is 0.542. The minimum Gasteiger partial charge on any atom is -0.456 e. The molecular weight excluding hydrogens is 701 g/mol. The van der Waals surface area contributed by atoms with E-state index in [9.17, 15) is 0 Å². The van der Waals surface area contributed by atoms with E-state index >= 15 is 0 Å². The fourth-order valence-electron chi connectivity index (χ4n) is 8.46. The first-order valence-electron chi connectivity index (χ1n) is 19.0. The highest BCUT2D eigenvalue weighted by molar-refractivity contribution is 6.17. The number of para-hydroxylation sites is 4. The number of benzene rings is 8. The SMILES string of the molecule is c1ccc(-c2nc(-c3ccc4c(c3)oc3cc(-c5cccc6c5c5ccccc5n6-c5ccccc5)ccc34)nc(-c3cccc4c3oc3ccccc34)n2)cc1. The predicted octanol–water partition coefficient (Wildman–Crippen LogP) is 13.4. The molecule has 0 aliphatic rings. The molecule has 57 heavy (non-hydrogen) atoms. The van der Waals surface area contributed by atoms with Crippen LogP contribution >= 0.6 is 0 Å². The van der Waals surface area contributed by atoms with Gasteiger partial charge in [-0.2, -0.15) is 0 Å². The third-order valence-corrected chi connectivity index (χ3v) is 11.1. The van der Waals surface area contributed by atoms with Crippen LogP contribution in [-0.4, -0.2) is 19.5 Å². The van der Waals surface area contributed by atoms with Crippen LogP contribution < -0.4 is 0 Å². The highest BCUT2D eigenvalue weighted by Gasteiger charge is 2.20. The molecule has 12 aromatic rings. The maximum absolute atomic E-state index is 6.68. The van der Waals surface area contributed by atoms with Crippen LogP contribution in [0.3, 0.4) is 0 Å². The number of fused-ring (bicyclic) bond motifs is 9. The molecule has 0 aliphatic heterocycles. The van der Waals surface area contributed by atoms with E-state index in [1.54, 1.807) is 0 Å². The lowest BCUT2D eigenvalue weighted by Crippen LogP contribution is -2.00. The summed E-state index contributed by atoms with van der Waals surface area (Å²) in [6.07, 6.45) is 0. The molecule has 4 aromatic heterocycles. The molecule has 8 aromatic carbocycles. The number of nitrogens with zero attached hydrogens (tertiary/aromatic N) is 4. The molecule has 12 rings (SSSR count). The normalized spacial score (nSPS) is 11.9. The van der Waals surface area contributed by atoms with Gasteiger partial charge in [0.05, 0.1) is 16.6 Å². The predicted molar refractivity (Wildman–Crippen MR) is 230 cm³/mol. The smallest absolute Gasteiger partial charge is 0.167 e. The molecule has 4 heterocycles. The maximum Gasteiger partial charge on any atom is 0.167 e. The summed E-state index contributed by atoms with van der Waals surface area (Å²) in [4.78, 5) is 15.1. The maximum atomic E-state index is 6.68. The Morgan fingerprint density at radius 2 is 0.930 bits per heavy atom. The number of hydrogen-bond acceptors (Lipinski definition) is 5. The summed E-state index contributed by atoms with van der Waals surface area (Å²) in [7, 11) is 0. The van der Waals surface area contributed by atoms with E-state index in [4.69, 9.17) is 23.8 Å². The van der Waals surface area contributed by atoms with E-state index in [-0.39, 0.29) is 0 Å². The molecule has 0 unspecified atom stereocenters. The van der Waals surface area contributed by atoms with Gasteiger partial charge < -0.3 is 13.4 Å². The van der Waals surface area contributed by atoms with E-state index in [0.717, 1.165) is 82.9 Å². The van der Waals surface area contributed by atoms with Gasteiger partial charge in [-0.25, -0.2) is 15.0 Å². The molecule has 0 saturated heterocycles. The molecule has 0 radical (unpaired) electrons. The van der Waals surface area contributed by atoms with E-state index in [1.165, 1.54) is 16.3 Å². The van der Waals surface area contributed by atoms with Crippen molar-refractivity contribution in [2.45, 2.75) is 0 Å². The molecule has 6 heteroatoms. The molecule has 0 saturated carbocycles. The first-order chi connectivity index (χ1) is 28.2. The second kappa shape index (κ2) is 12.3. The van der Waals surface area contributed by atoms with Crippen LogP contribution in [0.15, 0.2) is 191 Å². The van der Waals surface area contributed by atoms with Crippen LogP contribution in [0.5, 0.6) is 0 Å². The first kappa shape index (κ1) is 31.5. The Morgan fingerprint density at radius 1 is 0.351 bits per heavy atom. The van der Waals surface area contributed by atoms with Crippen LogP contribution in [0, 0.1) is 0 Å². The second-order valence-corrected chi connectivity index (χ2v) is 14.4. The van der Waals surface area contributed by atoms with Crippen molar-refractivity contribution >= 4 is 65.7 Å².